The summed E-state index contributed by atoms with van der Waals surface area (Å²) in [7, 11) is 1.31. The van der Waals surface area contributed by atoms with Crippen molar-refractivity contribution >= 4 is 23.3 Å². The molecule has 5 heteroatoms. The highest BCUT2D eigenvalue weighted by molar-refractivity contribution is 6.08. The minimum Gasteiger partial charge on any atom is -0.465 e. The van der Waals surface area contributed by atoms with Crippen LogP contribution < -0.4 is 5.32 Å². The maximum atomic E-state index is 12.9. The third-order valence-corrected chi connectivity index (χ3v) is 5.00. The molecule has 1 aromatic carbocycles. The van der Waals surface area contributed by atoms with Gasteiger partial charge in [0.1, 0.15) is 5.78 Å². The van der Waals surface area contributed by atoms with Crippen molar-refractivity contribution in [1.82, 2.24) is 0 Å². The minimum absolute atomic E-state index is 0.0293. The van der Waals surface area contributed by atoms with E-state index in [0.717, 1.165) is 5.56 Å². The molecule has 1 aliphatic rings. The highest BCUT2D eigenvalue weighted by Crippen LogP contribution is 2.53. The van der Waals surface area contributed by atoms with Crippen molar-refractivity contribution < 1.29 is 19.1 Å². The molecule has 1 N–H and O–H groups in total. The van der Waals surface area contributed by atoms with Gasteiger partial charge in [0.05, 0.1) is 18.1 Å². The molecule has 0 aromatic heterocycles. The monoisotopic (exact) mass is 329 g/mol. The summed E-state index contributed by atoms with van der Waals surface area (Å²) >= 11 is 0. The molecule has 24 heavy (non-hydrogen) atoms. The Hall–Kier alpha value is -2.43. The number of nitrogens with one attached hydrogen (secondary N) is 1. The number of fused-ring (bicyclic) bond motifs is 1. The first-order valence-electron chi connectivity index (χ1n) is 7.87. The lowest BCUT2D eigenvalue weighted by Gasteiger charge is -2.40. The van der Waals surface area contributed by atoms with Crippen LogP contribution in [-0.4, -0.2) is 24.8 Å². The summed E-state index contributed by atoms with van der Waals surface area (Å²) in [6, 6.07) is 5.03. The second-order valence-corrected chi connectivity index (χ2v) is 6.74. The first-order chi connectivity index (χ1) is 11.2. The van der Waals surface area contributed by atoms with Gasteiger partial charge in [-0.15, -0.1) is 6.58 Å². The molecule has 0 saturated carbocycles. The molecule has 0 spiro atoms. The van der Waals surface area contributed by atoms with Gasteiger partial charge >= 0.3 is 5.97 Å². The Morgan fingerprint density at radius 1 is 1.38 bits per heavy atom. The predicted molar refractivity (Wildman–Crippen MR) is 92.0 cm³/mol. The minimum atomic E-state index is -0.898. The smallest absolute Gasteiger partial charge is 0.337 e. The van der Waals surface area contributed by atoms with E-state index in [2.05, 4.69) is 11.9 Å². The standard InChI is InChI=1S/C19H23NO4/c1-6-18(3,4)19(10-9-12(2)21)14-8-7-13(16(22)24-5)11-15(14)20-17(19)23/h6-8,11H,1,9-10H2,2-5H3,(H,20,23). The number of methoxy groups -OCH3 is 1. The van der Waals surface area contributed by atoms with Crippen molar-refractivity contribution in [2.24, 2.45) is 5.41 Å². The van der Waals surface area contributed by atoms with Crippen LogP contribution in [0.25, 0.3) is 0 Å². The molecule has 1 atom stereocenters. The lowest BCUT2D eigenvalue weighted by atomic mass is 9.60. The van der Waals surface area contributed by atoms with Crippen LogP contribution in [0.15, 0.2) is 30.9 Å². The number of Topliss-reactive ketones (excluding diaryl/α,β-unsaturated/α-hetero) is 1. The highest BCUT2D eigenvalue weighted by Gasteiger charge is 2.55. The van der Waals surface area contributed by atoms with Crippen LogP contribution in [0.5, 0.6) is 0 Å². The van der Waals surface area contributed by atoms with Crippen LogP contribution in [0.2, 0.25) is 0 Å². The Morgan fingerprint density at radius 3 is 2.58 bits per heavy atom. The topological polar surface area (TPSA) is 72.5 Å². The van der Waals surface area contributed by atoms with Crippen molar-refractivity contribution in [3.8, 4) is 0 Å². The van der Waals surface area contributed by atoms with E-state index in [0.29, 0.717) is 24.1 Å². The zero-order valence-electron chi connectivity index (χ0n) is 14.6. The molecular weight excluding hydrogens is 306 g/mol. The van der Waals surface area contributed by atoms with E-state index >= 15 is 0 Å². The Morgan fingerprint density at radius 2 is 2.04 bits per heavy atom. The van der Waals surface area contributed by atoms with Crippen molar-refractivity contribution in [3.05, 3.63) is 42.0 Å². The molecule has 1 aromatic rings. The summed E-state index contributed by atoms with van der Waals surface area (Å²) in [5, 5.41) is 2.87. The fourth-order valence-electron chi connectivity index (χ4n) is 3.36. The first kappa shape index (κ1) is 17.9. The number of ether oxygens (including phenoxy) is 1. The molecule has 1 heterocycles. The molecular formula is C19H23NO4. The van der Waals surface area contributed by atoms with Gasteiger partial charge in [0, 0.05) is 17.5 Å². The number of rotatable bonds is 6. The van der Waals surface area contributed by atoms with Crippen LogP contribution in [-0.2, 0) is 19.7 Å². The van der Waals surface area contributed by atoms with Crippen molar-refractivity contribution in [2.45, 2.75) is 39.0 Å². The molecule has 1 amide bonds. The maximum absolute atomic E-state index is 12.9. The number of amides is 1. The zero-order chi connectivity index (χ0) is 18.1. The Labute approximate surface area is 142 Å². The molecule has 128 valence electrons. The van der Waals surface area contributed by atoms with Gasteiger partial charge in [0.25, 0.3) is 0 Å². The molecule has 0 saturated heterocycles. The van der Waals surface area contributed by atoms with Gasteiger partial charge in [-0.05, 0) is 31.0 Å². The van der Waals surface area contributed by atoms with Crippen LogP contribution in [0.1, 0.15) is 49.5 Å². The summed E-state index contributed by atoms with van der Waals surface area (Å²) in [4.78, 5) is 36.2. The van der Waals surface area contributed by atoms with Crippen molar-refractivity contribution in [1.29, 1.82) is 0 Å². The Balaban J connectivity index is 2.62. The average molecular weight is 329 g/mol. The number of benzene rings is 1. The number of allylic oxidation sites excluding steroid dienone is 1. The number of hydrogen-bond donors (Lipinski definition) is 1. The van der Waals surface area contributed by atoms with E-state index in [9.17, 15) is 14.4 Å². The Bertz CT molecular complexity index is 720. The molecule has 0 fully saturated rings. The highest BCUT2D eigenvalue weighted by atomic mass is 16.5. The Kier molecular flexibility index (Phi) is 4.65. The summed E-state index contributed by atoms with van der Waals surface area (Å²) in [6.07, 6.45) is 2.43. The molecule has 5 nitrogen and oxygen atoms in total. The number of hydrogen-bond acceptors (Lipinski definition) is 4. The molecule has 2 rings (SSSR count). The normalized spacial score (nSPS) is 19.4. The van der Waals surface area contributed by atoms with E-state index in [4.69, 9.17) is 4.74 Å². The average Bonchev–Trinajstić information content (AvgIpc) is 2.84. The van der Waals surface area contributed by atoms with Crippen LogP contribution in [0, 0.1) is 5.41 Å². The SMILES string of the molecule is C=CC(C)(C)C1(CCC(C)=O)C(=O)Nc2cc(C(=O)OC)ccc21. The lowest BCUT2D eigenvalue weighted by molar-refractivity contribution is -0.125. The molecule has 1 aliphatic heterocycles. The number of ketones is 1. The zero-order valence-corrected chi connectivity index (χ0v) is 14.6. The van der Waals surface area contributed by atoms with E-state index in [-0.39, 0.29) is 11.7 Å². The van der Waals surface area contributed by atoms with E-state index in [1.54, 1.807) is 24.3 Å². The fourth-order valence-corrected chi connectivity index (χ4v) is 3.36. The first-order valence-corrected chi connectivity index (χ1v) is 7.87. The molecule has 0 bridgehead atoms. The molecule has 0 radical (unpaired) electrons. The largest absolute Gasteiger partial charge is 0.465 e. The van der Waals surface area contributed by atoms with E-state index in [1.165, 1.54) is 14.0 Å². The summed E-state index contributed by atoms with van der Waals surface area (Å²) < 4.78 is 4.73. The third-order valence-electron chi connectivity index (χ3n) is 5.00. The third kappa shape index (κ3) is 2.64. The summed E-state index contributed by atoms with van der Waals surface area (Å²) in [6.45, 7) is 9.26. The number of anilines is 1. The summed E-state index contributed by atoms with van der Waals surface area (Å²) in [5.74, 6) is -0.608. The lowest BCUT2D eigenvalue weighted by Crippen LogP contribution is -2.46. The van der Waals surface area contributed by atoms with Gasteiger partial charge in [-0.25, -0.2) is 4.79 Å². The number of esters is 1. The van der Waals surface area contributed by atoms with Crippen molar-refractivity contribution in [2.75, 3.05) is 12.4 Å². The molecule has 1 unspecified atom stereocenters. The second-order valence-electron chi connectivity index (χ2n) is 6.74. The second kappa shape index (κ2) is 6.23. The van der Waals surface area contributed by atoms with E-state index < -0.39 is 16.8 Å². The number of carbonyl (C=O) groups excluding carboxylic acids is 3. The molecule has 0 aliphatic carbocycles. The fraction of sp³-hybridized carbons (Fsp3) is 0.421. The maximum Gasteiger partial charge on any atom is 0.337 e. The predicted octanol–water partition coefficient (Wildman–Crippen LogP) is 3.24. The van der Waals surface area contributed by atoms with Gasteiger partial charge < -0.3 is 14.8 Å². The van der Waals surface area contributed by atoms with Gasteiger partial charge in [-0.2, -0.15) is 0 Å². The van der Waals surface area contributed by atoms with Gasteiger partial charge in [-0.1, -0.05) is 26.0 Å². The van der Waals surface area contributed by atoms with Gasteiger partial charge in [0.2, 0.25) is 5.91 Å². The van der Waals surface area contributed by atoms with Crippen LogP contribution >= 0.6 is 0 Å². The van der Waals surface area contributed by atoms with Gasteiger partial charge in [-0.3, -0.25) is 4.79 Å². The van der Waals surface area contributed by atoms with Crippen molar-refractivity contribution in [3.63, 3.8) is 0 Å². The summed E-state index contributed by atoms with van der Waals surface area (Å²) in [5.41, 5.74) is 0.276. The quantitative estimate of drug-likeness (QED) is 0.642. The van der Waals surface area contributed by atoms with Crippen LogP contribution in [0.3, 0.4) is 0 Å². The van der Waals surface area contributed by atoms with E-state index in [1.807, 2.05) is 13.8 Å². The van der Waals surface area contributed by atoms with Gasteiger partial charge in [0.15, 0.2) is 0 Å². The van der Waals surface area contributed by atoms with Crippen LogP contribution in [0.4, 0.5) is 5.69 Å². The number of carbonyl (C=O) groups is 3.